The molecule has 0 unspecified atom stereocenters. The van der Waals surface area contributed by atoms with Gasteiger partial charge in [0.25, 0.3) is 0 Å². The zero-order valence-corrected chi connectivity index (χ0v) is 5.35. The minimum Gasteiger partial charge on any atom is -0.484 e. The van der Waals surface area contributed by atoms with Gasteiger partial charge in [0.1, 0.15) is 0 Å². The van der Waals surface area contributed by atoms with Crippen molar-refractivity contribution in [1.82, 2.24) is 0 Å². The SMILES string of the molecule is COC1=NCC[C@@H]1C. The van der Waals surface area contributed by atoms with Crippen molar-refractivity contribution >= 4 is 5.90 Å². The number of hydrogen-bond donors (Lipinski definition) is 0. The van der Waals surface area contributed by atoms with Gasteiger partial charge in [-0.1, -0.05) is 6.92 Å². The van der Waals surface area contributed by atoms with E-state index in [2.05, 4.69) is 11.9 Å². The van der Waals surface area contributed by atoms with Crippen LogP contribution in [0.3, 0.4) is 0 Å². The maximum atomic E-state index is 4.97. The molecule has 0 aliphatic carbocycles. The number of aliphatic imine (C=N–C) groups is 1. The van der Waals surface area contributed by atoms with Crippen LogP contribution in [0, 0.1) is 5.92 Å². The Balaban J connectivity index is 2.49. The first kappa shape index (κ1) is 5.60. The molecule has 8 heavy (non-hydrogen) atoms. The number of hydrogen-bond acceptors (Lipinski definition) is 2. The summed E-state index contributed by atoms with van der Waals surface area (Å²) >= 11 is 0. The van der Waals surface area contributed by atoms with E-state index >= 15 is 0 Å². The van der Waals surface area contributed by atoms with E-state index in [1.165, 1.54) is 0 Å². The molecule has 0 spiro atoms. The van der Waals surface area contributed by atoms with Crippen molar-refractivity contribution in [3.05, 3.63) is 0 Å². The molecule has 1 heterocycles. The lowest BCUT2D eigenvalue weighted by Crippen LogP contribution is -2.06. The highest BCUT2D eigenvalue weighted by atomic mass is 16.5. The quantitative estimate of drug-likeness (QED) is 0.460. The summed E-state index contributed by atoms with van der Waals surface area (Å²) in [4.78, 5) is 4.13. The fourth-order valence-corrected chi connectivity index (χ4v) is 0.913. The summed E-state index contributed by atoms with van der Waals surface area (Å²) < 4.78 is 4.97. The Morgan fingerprint density at radius 1 is 1.75 bits per heavy atom. The molecular formula is C6H11NO. The lowest BCUT2D eigenvalue weighted by Gasteiger charge is -2.02. The molecule has 1 aliphatic rings. The number of ether oxygens (including phenoxy) is 1. The first-order valence-electron chi connectivity index (χ1n) is 2.93. The molecule has 0 aromatic carbocycles. The Morgan fingerprint density at radius 2 is 2.50 bits per heavy atom. The fraction of sp³-hybridized carbons (Fsp3) is 0.833. The standard InChI is InChI=1S/C6H11NO/c1-5-3-4-7-6(5)8-2/h5H,3-4H2,1-2H3/t5-/m0/s1. The second-order valence-electron chi connectivity index (χ2n) is 2.11. The molecule has 1 rings (SSSR count). The van der Waals surface area contributed by atoms with Gasteiger partial charge in [-0.05, 0) is 6.42 Å². The molecule has 0 aromatic heterocycles. The Labute approximate surface area is 49.6 Å². The van der Waals surface area contributed by atoms with Gasteiger partial charge in [0.15, 0.2) is 5.90 Å². The molecule has 0 N–H and O–H groups in total. The van der Waals surface area contributed by atoms with Crippen molar-refractivity contribution in [1.29, 1.82) is 0 Å². The zero-order valence-electron chi connectivity index (χ0n) is 5.35. The van der Waals surface area contributed by atoms with E-state index in [1.807, 2.05) is 0 Å². The first-order chi connectivity index (χ1) is 3.84. The molecule has 1 atom stereocenters. The molecule has 1 aliphatic heterocycles. The zero-order chi connectivity index (χ0) is 5.98. The summed E-state index contributed by atoms with van der Waals surface area (Å²) in [5, 5.41) is 0. The molecule has 46 valence electrons. The second kappa shape index (κ2) is 2.16. The molecule has 0 aromatic rings. The maximum Gasteiger partial charge on any atom is 0.185 e. The van der Waals surface area contributed by atoms with Crippen LogP contribution in [0.5, 0.6) is 0 Å². The van der Waals surface area contributed by atoms with Gasteiger partial charge >= 0.3 is 0 Å². The first-order valence-corrected chi connectivity index (χ1v) is 2.93. The van der Waals surface area contributed by atoms with Crippen LogP contribution in [-0.2, 0) is 4.74 Å². The smallest absolute Gasteiger partial charge is 0.185 e. The monoisotopic (exact) mass is 113 g/mol. The molecule has 0 fully saturated rings. The average molecular weight is 113 g/mol. The lowest BCUT2D eigenvalue weighted by molar-refractivity contribution is 0.378. The summed E-state index contributed by atoms with van der Waals surface area (Å²) in [5.41, 5.74) is 0. The van der Waals surface area contributed by atoms with Crippen LogP contribution < -0.4 is 0 Å². The second-order valence-corrected chi connectivity index (χ2v) is 2.11. The predicted octanol–water partition coefficient (Wildman–Crippen LogP) is 1.07. The summed E-state index contributed by atoms with van der Waals surface area (Å²) in [6, 6.07) is 0. The van der Waals surface area contributed by atoms with Crippen LogP contribution in [-0.4, -0.2) is 19.6 Å². The summed E-state index contributed by atoms with van der Waals surface area (Å²) in [7, 11) is 1.68. The van der Waals surface area contributed by atoms with Crippen molar-refractivity contribution in [2.75, 3.05) is 13.7 Å². The maximum absolute atomic E-state index is 4.97. The largest absolute Gasteiger partial charge is 0.484 e. The van der Waals surface area contributed by atoms with Gasteiger partial charge in [-0.25, -0.2) is 0 Å². The van der Waals surface area contributed by atoms with Gasteiger partial charge < -0.3 is 4.74 Å². The lowest BCUT2D eigenvalue weighted by atomic mass is 10.1. The predicted molar refractivity (Wildman–Crippen MR) is 33.1 cm³/mol. The van der Waals surface area contributed by atoms with E-state index in [0.29, 0.717) is 5.92 Å². The number of rotatable bonds is 0. The number of nitrogens with zero attached hydrogens (tertiary/aromatic N) is 1. The van der Waals surface area contributed by atoms with Gasteiger partial charge in [-0.3, -0.25) is 4.99 Å². The Hall–Kier alpha value is -0.530. The Bertz CT molecular complexity index is 109. The summed E-state index contributed by atoms with van der Waals surface area (Å²) in [6.07, 6.45) is 1.16. The van der Waals surface area contributed by atoms with Crippen molar-refractivity contribution in [3.8, 4) is 0 Å². The molecule has 0 saturated carbocycles. The van der Waals surface area contributed by atoms with Gasteiger partial charge in [-0.2, -0.15) is 0 Å². The van der Waals surface area contributed by atoms with E-state index in [0.717, 1.165) is 18.9 Å². The number of methoxy groups -OCH3 is 1. The van der Waals surface area contributed by atoms with Gasteiger partial charge in [-0.15, -0.1) is 0 Å². The fourth-order valence-electron chi connectivity index (χ4n) is 0.913. The molecule has 0 bridgehead atoms. The van der Waals surface area contributed by atoms with Crippen LogP contribution in [0.1, 0.15) is 13.3 Å². The Kier molecular flexibility index (Phi) is 1.51. The van der Waals surface area contributed by atoms with Crippen molar-refractivity contribution in [2.45, 2.75) is 13.3 Å². The molecule has 2 heteroatoms. The minimum absolute atomic E-state index is 0.556. The summed E-state index contributed by atoms with van der Waals surface area (Å²) in [6.45, 7) is 3.08. The topological polar surface area (TPSA) is 21.6 Å². The molecule has 2 nitrogen and oxygen atoms in total. The van der Waals surface area contributed by atoms with E-state index in [-0.39, 0.29) is 0 Å². The van der Waals surface area contributed by atoms with E-state index in [4.69, 9.17) is 4.74 Å². The van der Waals surface area contributed by atoms with E-state index in [9.17, 15) is 0 Å². The van der Waals surface area contributed by atoms with Crippen LogP contribution in [0.15, 0.2) is 4.99 Å². The minimum atomic E-state index is 0.556. The van der Waals surface area contributed by atoms with Crippen molar-refractivity contribution in [3.63, 3.8) is 0 Å². The summed E-state index contributed by atoms with van der Waals surface area (Å²) in [5.74, 6) is 1.48. The molecular weight excluding hydrogens is 102 g/mol. The molecule has 0 radical (unpaired) electrons. The van der Waals surface area contributed by atoms with Crippen LogP contribution >= 0.6 is 0 Å². The van der Waals surface area contributed by atoms with E-state index < -0.39 is 0 Å². The van der Waals surface area contributed by atoms with Gasteiger partial charge in [0, 0.05) is 12.5 Å². The third-order valence-electron chi connectivity index (χ3n) is 1.46. The van der Waals surface area contributed by atoms with E-state index in [1.54, 1.807) is 7.11 Å². The van der Waals surface area contributed by atoms with Gasteiger partial charge in [0.2, 0.25) is 0 Å². The highest BCUT2D eigenvalue weighted by Crippen LogP contribution is 2.12. The van der Waals surface area contributed by atoms with Crippen LogP contribution in [0.4, 0.5) is 0 Å². The van der Waals surface area contributed by atoms with Crippen molar-refractivity contribution < 1.29 is 4.74 Å². The van der Waals surface area contributed by atoms with Crippen LogP contribution in [0.25, 0.3) is 0 Å². The normalized spacial score (nSPS) is 27.8. The molecule has 0 saturated heterocycles. The highest BCUT2D eigenvalue weighted by molar-refractivity contribution is 5.79. The Morgan fingerprint density at radius 3 is 2.75 bits per heavy atom. The third-order valence-corrected chi connectivity index (χ3v) is 1.46. The van der Waals surface area contributed by atoms with Gasteiger partial charge in [0.05, 0.1) is 7.11 Å². The van der Waals surface area contributed by atoms with Crippen molar-refractivity contribution in [2.24, 2.45) is 10.9 Å². The average Bonchev–Trinajstić information content (AvgIpc) is 2.14. The van der Waals surface area contributed by atoms with Crippen LogP contribution in [0.2, 0.25) is 0 Å². The third kappa shape index (κ3) is 0.831. The highest BCUT2D eigenvalue weighted by Gasteiger charge is 2.15. The molecule has 0 amide bonds.